The number of hydrogen-bond donors (Lipinski definition) is 0. The summed E-state index contributed by atoms with van der Waals surface area (Å²) in [7, 11) is 0. The molecule has 5 heteroatoms. The Morgan fingerprint density at radius 2 is 2.00 bits per heavy atom. The van der Waals surface area contributed by atoms with Crippen LogP contribution < -0.4 is 0 Å². The molecular weight excluding hydrogens is 220 g/mol. The first kappa shape index (κ1) is 11.1. The molecule has 84 valence electrons. The van der Waals surface area contributed by atoms with E-state index in [2.05, 4.69) is 46.7 Å². The monoisotopic (exact) mass is 234 g/mol. The second-order valence-corrected chi connectivity index (χ2v) is 4.27. The molecule has 2 rings (SSSR count). The highest BCUT2D eigenvalue weighted by Crippen LogP contribution is 2.16. The molecule has 2 aromatic rings. The summed E-state index contributed by atoms with van der Waals surface area (Å²) in [4.78, 5) is 0. The summed E-state index contributed by atoms with van der Waals surface area (Å²) in [5.74, 6) is 0. The lowest BCUT2D eigenvalue weighted by atomic mass is 10.1. The molecule has 0 aliphatic carbocycles. The van der Waals surface area contributed by atoms with Crippen molar-refractivity contribution in [2.24, 2.45) is 0 Å². The molecule has 0 N–H and O–H groups in total. The van der Waals surface area contributed by atoms with Gasteiger partial charge < -0.3 is 0 Å². The highest BCUT2D eigenvalue weighted by molar-refractivity contribution is 7.98. The van der Waals surface area contributed by atoms with Crippen molar-refractivity contribution in [3.8, 4) is 5.69 Å². The van der Waals surface area contributed by atoms with Crippen LogP contribution in [-0.4, -0.2) is 26.5 Å². The number of rotatable bonds is 4. The van der Waals surface area contributed by atoms with Crippen LogP contribution in [0.4, 0.5) is 0 Å². The van der Waals surface area contributed by atoms with Crippen LogP contribution in [0.25, 0.3) is 5.69 Å². The topological polar surface area (TPSA) is 43.6 Å². The molecule has 0 amide bonds. The van der Waals surface area contributed by atoms with E-state index in [1.807, 2.05) is 6.26 Å². The molecule has 1 aromatic carbocycles. The maximum atomic E-state index is 3.97. The average Bonchev–Trinajstić information content (AvgIpc) is 2.78. The van der Waals surface area contributed by atoms with Gasteiger partial charge in [0, 0.05) is 0 Å². The fourth-order valence-corrected chi connectivity index (χ4v) is 1.99. The fourth-order valence-electron chi connectivity index (χ4n) is 1.56. The quantitative estimate of drug-likeness (QED) is 0.762. The molecule has 16 heavy (non-hydrogen) atoms. The number of tetrazole rings is 1. The first-order valence-corrected chi connectivity index (χ1v) is 6.49. The first-order valence-electron chi connectivity index (χ1n) is 5.27. The molecule has 0 atom stereocenters. The Morgan fingerprint density at radius 1 is 1.25 bits per heavy atom. The van der Waals surface area contributed by atoms with Crippen LogP contribution in [0.5, 0.6) is 0 Å². The van der Waals surface area contributed by atoms with Gasteiger partial charge >= 0.3 is 0 Å². The third-order valence-electron chi connectivity index (χ3n) is 2.34. The Bertz CT molecular complexity index is 449. The molecule has 0 bridgehead atoms. The van der Waals surface area contributed by atoms with Crippen molar-refractivity contribution >= 4 is 11.8 Å². The largest absolute Gasteiger partial charge is 0.213 e. The van der Waals surface area contributed by atoms with Gasteiger partial charge in [0.05, 0.1) is 5.69 Å². The molecule has 0 saturated carbocycles. The Labute approximate surface area is 99.1 Å². The summed E-state index contributed by atoms with van der Waals surface area (Å²) in [5.41, 5.74) is 2.36. The maximum Gasteiger partial charge on any atom is 0.213 e. The van der Waals surface area contributed by atoms with Crippen molar-refractivity contribution in [2.45, 2.75) is 24.9 Å². The van der Waals surface area contributed by atoms with E-state index in [0.717, 1.165) is 17.3 Å². The highest BCUT2D eigenvalue weighted by atomic mass is 32.2. The van der Waals surface area contributed by atoms with Crippen molar-refractivity contribution in [3.05, 3.63) is 29.8 Å². The molecular formula is C11H14N4S. The van der Waals surface area contributed by atoms with Crippen molar-refractivity contribution in [1.82, 2.24) is 20.2 Å². The van der Waals surface area contributed by atoms with E-state index in [-0.39, 0.29) is 0 Å². The van der Waals surface area contributed by atoms with Gasteiger partial charge in [0.1, 0.15) is 0 Å². The molecule has 1 heterocycles. The molecule has 0 aliphatic heterocycles. The number of benzene rings is 1. The summed E-state index contributed by atoms with van der Waals surface area (Å²) in [6, 6.07) is 8.37. The number of aromatic nitrogens is 4. The van der Waals surface area contributed by atoms with Crippen LogP contribution in [0, 0.1) is 0 Å². The summed E-state index contributed by atoms with van der Waals surface area (Å²) in [5, 5.41) is 12.4. The minimum absolute atomic E-state index is 0.809. The average molecular weight is 234 g/mol. The predicted octanol–water partition coefficient (Wildman–Crippen LogP) is 2.34. The Hall–Kier alpha value is -1.36. The van der Waals surface area contributed by atoms with E-state index in [1.54, 1.807) is 4.68 Å². The van der Waals surface area contributed by atoms with Gasteiger partial charge in [0.25, 0.3) is 0 Å². The van der Waals surface area contributed by atoms with Gasteiger partial charge in [-0.3, -0.25) is 0 Å². The smallest absolute Gasteiger partial charge is 0.188 e. The first-order chi connectivity index (χ1) is 7.85. The van der Waals surface area contributed by atoms with E-state index < -0.39 is 0 Å². The lowest BCUT2D eigenvalue weighted by molar-refractivity contribution is 0.756. The molecule has 0 radical (unpaired) electrons. The van der Waals surface area contributed by atoms with Gasteiger partial charge in [-0.05, 0) is 40.8 Å². The van der Waals surface area contributed by atoms with E-state index in [4.69, 9.17) is 0 Å². The van der Waals surface area contributed by atoms with Crippen molar-refractivity contribution in [3.63, 3.8) is 0 Å². The fraction of sp³-hybridized carbons (Fsp3) is 0.364. The number of thioether (sulfide) groups is 1. The van der Waals surface area contributed by atoms with E-state index >= 15 is 0 Å². The van der Waals surface area contributed by atoms with Crippen molar-refractivity contribution in [1.29, 1.82) is 0 Å². The van der Waals surface area contributed by atoms with E-state index in [1.165, 1.54) is 23.7 Å². The van der Waals surface area contributed by atoms with Gasteiger partial charge in [-0.15, -0.1) is 5.10 Å². The highest BCUT2D eigenvalue weighted by Gasteiger charge is 2.05. The molecule has 0 saturated heterocycles. The SMILES string of the molecule is CCCc1ccc(-n2nnnc2SC)cc1. The van der Waals surface area contributed by atoms with Gasteiger partial charge in [0.2, 0.25) is 5.16 Å². The van der Waals surface area contributed by atoms with Crippen molar-refractivity contribution in [2.75, 3.05) is 6.26 Å². The lowest BCUT2D eigenvalue weighted by Crippen LogP contribution is -1.98. The number of nitrogens with zero attached hydrogens (tertiary/aromatic N) is 4. The normalized spacial score (nSPS) is 10.6. The van der Waals surface area contributed by atoms with Crippen LogP contribution in [0.3, 0.4) is 0 Å². The van der Waals surface area contributed by atoms with Crippen LogP contribution in [0.2, 0.25) is 0 Å². The Morgan fingerprint density at radius 3 is 2.62 bits per heavy atom. The standard InChI is InChI=1S/C11H14N4S/c1-3-4-9-5-7-10(8-6-9)15-11(16-2)12-13-14-15/h5-8H,3-4H2,1-2H3. The number of hydrogen-bond acceptors (Lipinski definition) is 4. The minimum atomic E-state index is 0.809. The minimum Gasteiger partial charge on any atom is -0.188 e. The van der Waals surface area contributed by atoms with Crippen LogP contribution >= 0.6 is 11.8 Å². The number of aryl methyl sites for hydroxylation is 1. The second kappa shape index (κ2) is 5.12. The molecule has 4 nitrogen and oxygen atoms in total. The lowest BCUT2D eigenvalue weighted by Gasteiger charge is -2.03. The third kappa shape index (κ3) is 2.24. The molecule has 1 aromatic heterocycles. The van der Waals surface area contributed by atoms with Crippen LogP contribution in [0.15, 0.2) is 29.4 Å². The zero-order valence-electron chi connectivity index (χ0n) is 9.42. The Balaban J connectivity index is 2.27. The molecule has 0 spiro atoms. The summed E-state index contributed by atoms with van der Waals surface area (Å²) < 4.78 is 1.75. The maximum absolute atomic E-state index is 3.97. The Kier molecular flexibility index (Phi) is 3.56. The molecule has 0 aliphatic rings. The van der Waals surface area contributed by atoms with Gasteiger partial charge in [0.15, 0.2) is 0 Å². The molecule has 0 fully saturated rings. The van der Waals surface area contributed by atoms with Gasteiger partial charge in [-0.2, -0.15) is 4.68 Å². The zero-order valence-corrected chi connectivity index (χ0v) is 10.2. The van der Waals surface area contributed by atoms with Crippen LogP contribution in [0.1, 0.15) is 18.9 Å². The van der Waals surface area contributed by atoms with Gasteiger partial charge in [-0.25, -0.2) is 0 Å². The van der Waals surface area contributed by atoms with E-state index in [9.17, 15) is 0 Å². The van der Waals surface area contributed by atoms with Gasteiger partial charge in [-0.1, -0.05) is 37.2 Å². The zero-order chi connectivity index (χ0) is 11.4. The molecule has 0 unspecified atom stereocenters. The van der Waals surface area contributed by atoms with E-state index in [0.29, 0.717) is 0 Å². The second-order valence-electron chi connectivity index (χ2n) is 3.49. The summed E-state index contributed by atoms with van der Waals surface area (Å²) >= 11 is 1.54. The van der Waals surface area contributed by atoms with Crippen LogP contribution in [-0.2, 0) is 6.42 Å². The summed E-state index contributed by atoms with van der Waals surface area (Å²) in [6.07, 6.45) is 4.25. The van der Waals surface area contributed by atoms with Crippen molar-refractivity contribution < 1.29 is 0 Å². The third-order valence-corrected chi connectivity index (χ3v) is 2.96. The summed E-state index contributed by atoms with van der Waals surface area (Å²) in [6.45, 7) is 2.18. The predicted molar refractivity (Wildman–Crippen MR) is 64.9 cm³/mol.